The smallest absolute Gasteiger partial charge is 0.337 e. The van der Waals surface area contributed by atoms with E-state index in [-0.39, 0.29) is 17.0 Å². The van der Waals surface area contributed by atoms with Gasteiger partial charge in [0.1, 0.15) is 17.4 Å². The molecule has 0 atom stereocenters. The Kier molecular flexibility index (Phi) is 5.45. The lowest BCUT2D eigenvalue weighted by atomic mass is 9.76. The molecule has 5 aromatic rings. The predicted octanol–water partition coefficient (Wildman–Crippen LogP) is 8.56. The second-order valence-corrected chi connectivity index (χ2v) is 11.1. The second kappa shape index (κ2) is 8.87. The molecule has 0 N–H and O–H groups in total. The van der Waals surface area contributed by atoms with E-state index in [1.165, 1.54) is 36.9 Å². The quantitative estimate of drug-likeness (QED) is 0.214. The summed E-state index contributed by atoms with van der Waals surface area (Å²) in [4.78, 5) is 12.6. The van der Waals surface area contributed by atoms with E-state index >= 15 is 0 Å². The first-order valence-electron chi connectivity index (χ1n) is 13.5. The van der Waals surface area contributed by atoms with Crippen LogP contribution in [0.5, 0.6) is 5.75 Å². The Morgan fingerprint density at radius 1 is 0.805 bits per heavy atom. The summed E-state index contributed by atoms with van der Waals surface area (Å²) in [5, 5.41) is 1.71. The molecule has 1 aliphatic carbocycles. The predicted molar refractivity (Wildman–Crippen MR) is 156 cm³/mol. The first kappa shape index (κ1) is 25.2. The summed E-state index contributed by atoms with van der Waals surface area (Å²) >= 11 is 0. The first-order chi connectivity index (χ1) is 19.7. The van der Waals surface area contributed by atoms with Crippen molar-refractivity contribution in [2.75, 3.05) is 7.11 Å². The van der Waals surface area contributed by atoms with Crippen molar-refractivity contribution in [2.24, 2.45) is 0 Å². The maximum Gasteiger partial charge on any atom is 0.337 e. The molecule has 2 aliphatic rings. The lowest BCUT2D eigenvalue weighted by molar-refractivity contribution is 0.0601. The van der Waals surface area contributed by atoms with E-state index in [0.29, 0.717) is 22.4 Å². The molecule has 0 unspecified atom stereocenters. The van der Waals surface area contributed by atoms with Crippen molar-refractivity contribution in [3.63, 3.8) is 0 Å². The molecule has 5 aromatic carbocycles. The van der Waals surface area contributed by atoms with Gasteiger partial charge in [-0.2, -0.15) is 0 Å². The van der Waals surface area contributed by atoms with Crippen LogP contribution >= 0.6 is 0 Å². The van der Waals surface area contributed by atoms with Gasteiger partial charge in [0.2, 0.25) is 0 Å². The monoisotopic (exact) mass is 544 g/mol. The number of carbonyl (C=O) groups excluding carboxylic acids is 1. The van der Waals surface area contributed by atoms with Crippen LogP contribution in [0.4, 0.5) is 8.78 Å². The minimum atomic E-state index is -1.17. The first-order valence-corrected chi connectivity index (χ1v) is 13.5. The number of benzene rings is 5. The van der Waals surface area contributed by atoms with Crippen molar-refractivity contribution in [2.45, 2.75) is 24.9 Å². The normalized spacial score (nSPS) is 15.5. The molecule has 0 saturated heterocycles. The molecular weight excluding hydrogens is 518 g/mol. The topological polar surface area (TPSA) is 35.5 Å². The Balaban J connectivity index is 1.58. The van der Waals surface area contributed by atoms with E-state index in [1.807, 2.05) is 24.3 Å². The SMILES string of the molecule is COC(=O)c1ccc2c3c(c4c(c2c1)OC(c1ccc(F)cc1)(c1ccc(F)cc1)C=C4)C(C)(C)c1ccccc1-3. The number of methoxy groups -OCH3 is 1. The summed E-state index contributed by atoms with van der Waals surface area (Å²) in [6.45, 7) is 4.42. The Labute approximate surface area is 236 Å². The van der Waals surface area contributed by atoms with Crippen molar-refractivity contribution in [1.29, 1.82) is 0 Å². The highest BCUT2D eigenvalue weighted by atomic mass is 19.1. The molecule has 202 valence electrons. The zero-order valence-corrected chi connectivity index (χ0v) is 22.8. The molecule has 0 saturated carbocycles. The maximum atomic E-state index is 14.0. The molecule has 0 radical (unpaired) electrons. The van der Waals surface area contributed by atoms with Crippen LogP contribution in [-0.4, -0.2) is 13.1 Å². The van der Waals surface area contributed by atoms with Gasteiger partial charge < -0.3 is 9.47 Å². The van der Waals surface area contributed by atoms with Crippen LogP contribution in [0.3, 0.4) is 0 Å². The summed E-state index contributed by atoms with van der Waals surface area (Å²) < 4.78 is 40.2. The summed E-state index contributed by atoms with van der Waals surface area (Å²) in [5.41, 5.74) is 5.79. The van der Waals surface area contributed by atoms with Gasteiger partial charge in [0.25, 0.3) is 0 Å². The van der Waals surface area contributed by atoms with Crippen LogP contribution in [0.1, 0.15) is 52.0 Å². The van der Waals surface area contributed by atoms with Crippen LogP contribution in [0.25, 0.3) is 28.0 Å². The lowest BCUT2D eigenvalue weighted by Crippen LogP contribution is -2.35. The fraction of sp³-hybridized carbons (Fsp3) is 0.139. The van der Waals surface area contributed by atoms with Crippen molar-refractivity contribution in [3.05, 3.63) is 142 Å². The van der Waals surface area contributed by atoms with Gasteiger partial charge in [-0.25, -0.2) is 13.6 Å². The number of esters is 1. The van der Waals surface area contributed by atoms with Crippen molar-refractivity contribution < 1.29 is 23.0 Å². The van der Waals surface area contributed by atoms with Crippen LogP contribution in [0, 0.1) is 11.6 Å². The average molecular weight is 545 g/mol. The molecular formula is C36H26F2O3. The molecule has 0 spiro atoms. The van der Waals surface area contributed by atoms with Crippen LogP contribution < -0.4 is 4.74 Å². The van der Waals surface area contributed by atoms with Crippen LogP contribution in [-0.2, 0) is 15.8 Å². The van der Waals surface area contributed by atoms with Crippen LogP contribution in [0.2, 0.25) is 0 Å². The Bertz CT molecular complexity index is 1860. The van der Waals surface area contributed by atoms with Gasteiger partial charge in [0, 0.05) is 27.5 Å². The van der Waals surface area contributed by atoms with Crippen molar-refractivity contribution in [3.8, 4) is 16.9 Å². The molecule has 1 aliphatic heterocycles. The molecule has 0 bridgehead atoms. The zero-order valence-electron chi connectivity index (χ0n) is 22.8. The van der Waals surface area contributed by atoms with E-state index in [1.54, 1.807) is 30.3 Å². The van der Waals surface area contributed by atoms with Gasteiger partial charge in [-0.15, -0.1) is 0 Å². The summed E-state index contributed by atoms with van der Waals surface area (Å²) in [6.07, 6.45) is 4.02. The highest BCUT2D eigenvalue weighted by Gasteiger charge is 2.44. The third-order valence-electron chi connectivity index (χ3n) is 8.51. The van der Waals surface area contributed by atoms with E-state index in [9.17, 15) is 13.6 Å². The average Bonchev–Trinajstić information content (AvgIpc) is 3.24. The van der Waals surface area contributed by atoms with Crippen molar-refractivity contribution in [1.82, 2.24) is 0 Å². The minimum Gasteiger partial charge on any atom is -0.472 e. The number of hydrogen-bond acceptors (Lipinski definition) is 3. The lowest BCUT2D eigenvalue weighted by Gasteiger charge is -2.38. The fourth-order valence-electron chi connectivity index (χ4n) is 6.57. The van der Waals surface area contributed by atoms with Gasteiger partial charge in [0.05, 0.1) is 12.7 Å². The number of ether oxygens (including phenoxy) is 2. The number of rotatable bonds is 3. The highest BCUT2D eigenvalue weighted by molar-refractivity contribution is 6.10. The summed E-state index contributed by atoms with van der Waals surface area (Å²) in [6, 6.07) is 26.2. The molecule has 0 aromatic heterocycles. The third kappa shape index (κ3) is 3.58. The summed E-state index contributed by atoms with van der Waals surface area (Å²) in [5.74, 6) is -0.583. The zero-order chi connectivity index (χ0) is 28.5. The number of fused-ring (bicyclic) bond motifs is 8. The molecule has 5 heteroatoms. The molecule has 41 heavy (non-hydrogen) atoms. The Hall–Kier alpha value is -4.77. The molecule has 0 fully saturated rings. The Morgan fingerprint density at radius 3 is 2.07 bits per heavy atom. The molecule has 1 heterocycles. The second-order valence-electron chi connectivity index (χ2n) is 11.1. The van der Waals surface area contributed by atoms with E-state index in [0.717, 1.165) is 33.0 Å². The summed E-state index contributed by atoms with van der Waals surface area (Å²) in [7, 11) is 1.36. The van der Waals surface area contributed by atoms with Crippen molar-refractivity contribution >= 4 is 22.8 Å². The fourth-order valence-corrected chi connectivity index (χ4v) is 6.57. The van der Waals surface area contributed by atoms with Gasteiger partial charge >= 0.3 is 5.97 Å². The Morgan fingerprint density at radius 2 is 1.44 bits per heavy atom. The van der Waals surface area contributed by atoms with E-state index in [2.05, 4.69) is 38.1 Å². The van der Waals surface area contributed by atoms with Gasteiger partial charge in [-0.1, -0.05) is 74.5 Å². The van der Waals surface area contributed by atoms with Gasteiger partial charge in [-0.05, 0) is 70.1 Å². The molecule has 0 amide bonds. The number of hydrogen-bond donors (Lipinski definition) is 0. The molecule has 7 rings (SSSR count). The highest BCUT2D eigenvalue weighted by Crippen LogP contribution is 2.58. The van der Waals surface area contributed by atoms with Crippen LogP contribution in [0.15, 0.2) is 97.1 Å². The largest absolute Gasteiger partial charge is 0.472 e. The van der Waals surface area contributed by atoms with Gasteiger partial charge in [-0.3, -0.25) is 0 Å². The minimum absolute atomic E-state index is 0.329. The van der Waals surface area contributed by atoms with E-state index < -0.39 is 11.6 Å². The standard InChI is InChI=1S/C36H26F2O3/c1-35(2)30-7-5-4-6-27(30)31-26-17-8-21(34(39)40-3)20-29(26)33-28(32(31)35)18-19-36(41-33,22-9-13-24(37)14-10-22)23-11-15-25(38)16-12-23/h4-20H,1-3H3. The van der Waals surface area contributed by atoms with E-state index in [4.69, 9.17) is 9.47 Å². The third-order valence-corrected chi connectivity index (χ3v) is 8.51. The maximum absolute atomic E-state index is 14.0. The van der Waals surface area contributed by atoms with Gasteiger partial charge in [0.15, 0.2) is 5.60 Å². The number of carbonyl (C=O) groups is 1. The molecule has 3 nitrogen and oxygen atoms in total. The number of halogens is 2.